The molecule has 3 heterocycles. The van der Waals surface area contributed by atoms with E-state index in [0.29, 0.717) is 5.02 Å². The SMILES string of the molecule is Clc1ccn2cc(-c3cccc(Br)n3)nc2c1. The van der Waals surface area contributed by atoms with Gasteiger partial charge in [-0.3, -0.25) is 0 Å². The van der Waals surface area contributed by atoms with E-state index in [0.717, 1.165) is 21.6 Å². The quantitative estimate of drug-likeness (QED) is 0.640. The summed E-state index contributed by atoms with van der Waals surface area (Å²) in [6, 6.07) is 9.39. The smallest absolute Gasteiger partial charge is 0.138 e. The Balaban J connectivity index is 2.18. The number of aromatic nitrogens is 3. The summed E-state index contributed by atoms with van der Waals surface area (Å²) >= 11 is 9.27. The number of halogens is 2. The third-order valence-electron chi connectivity index (χ3n) is 2.40. The van der Waals surface area contributed by atoms with Gasteiger partial charge >= 0.3 is 0 Å². The van der Waals surface area contributed by atoms with Gasteiger partial charge in [0.05, 0.1) is 5.69 Å². The first-order chi connectivity index (χ1) is 8.22. The van der Waals surface area contributed by atoms with Crippen LogP contribution in [0.4, 0.5) is 0 Å². The van der Waals surface area contributed by atoms with Gasteiger partial charge in [0.15, 0.2) is 0 Å². The van der Waals surface area contributed by atoms with E-state index in [9.17, 15) is 0 Å². The lowest BCUT2D eigenvalue weighted by molar-refractivity contribution is 1.19. The molecule has 0 aromatic carbocycles. The molecule has 0 saturated carbocycles. The summed E-state index contributed by atoms with van der Waals surface area (Å²) in [5.74, 6) is 0. The molecule has 0 amide bonds. The first kappa shape index (κ1) is 10.7. The Bertz CT molecular complexity index is 693. The van der Waals surface area contributed by atoms with Crippen molar-refractivity contribution in [3.63, 3.8) is 0 Å². The van der Waals surface area contributed by atoms with Gasteiger partial charge in [-0.15, -0.1) is 0 Å². The van der Waals surface area contributed by atoms with Crippen LogP contribution in [0.1, 0.15) is 0 Å². The average Bonchev–Trinajstić information content (AvgIpc) is 2.72. The molecule has 17 heavy (non-hydrogen) atoms. The highest BCUT2D eigenvalue weighted by molar-refractivity contribution is 9.10. The Morgan fingerprint density at radius 2 is 2.00 bits per heavy atom. The molecule has 0 saturated heterocycles. The molecule has 0 bridgehead atoms. The molecule has 5 heteroatoms. The van der Waals surface area contributed by atoms with Crippen LogP contribution in [0.5, 0.6) is 0 Å². The lowest BCUT2D eigenvalue weighted by Gasteiger charge is -1.94. The summed E-state index contributed by atoms with van der Waals surface area (Å²) in [6.07, 6.45) is 3.81. The van der Waals surface area contributed by atoms with Gasteiger partial charge < -0.3 is 4.40 Å². The fraction of sp³-hybridized carbons (Fsp3) is 0. The average molecular weight is 309 g/mol. The number of nitrogens with zero attached hydrogens (tertiary/aromatic N) is 3. The van der Waals surface area contributed by atoms with E-state index in [1.807, 2.05) is 47.1 Å². The van der Waals surface area contributed by atoms with Crippen molar-refractivity contribution in [2.45, 2.75) is 0 Å². The second kappa shape index (κ2) is 4.13. The van der Waals surface area contributed by atoms with Gasteiger partial charge in [-0.05, 0) is 34.1 Å². The molecule has 3 rings (SSSR count). The van der Waals surface area contributed by atoms with Crippen molar-refractivity contribution in [1.82, 2.24) is 14.4 Å². The predicted octanol–water partition coefficient (Wildman–Crippen LogP) is 3.81. The van der Waals surface area contributed by atoms with E-state index in [1.54, 1.807) is 0 Å². The van der Waals surface area contributed by atoms with Crippen LogP contribution in [0.3, 0.4) is 0 Å². The van der Waals surface area contributed by atoms with E-state index >= 15 is 0 Å². The third kappa shape index (κ3) is 2.06. The zero-order valence-corrected chi connectivity index (χ0v) is 11.0. The highest BCUT2D eigenvalue weighted by Gasteiger charge is 2.06. The van der Waals surface area contributed by atoms with Gasteiger partial charge in [0.25, 0.3) is 0 Å². The summed E-state index contributed by atoms with van der Waals surface area (Å²) in [7, 11) is 0. The number of hydrogen-bond acceptors (Lipinski definition) is 2. The molecule has 0 radical (unpaired) electrons. The molecule has 0 unspecified atom stereocenters. The van der Waals surface area contributed by atoms with Crippen LogP contribution in [0.25, 0.3) is 17.0 Å². The van der Waals surface area contributed by atoms with Crippen LogP contribution in [-0.4, -0.2) is 14.4 Å². The van der Waals surface area contributed by atoms with Gasteiger partial charge in [0.2, 0.25) is 0 Å². The van der Waals surface area contributed by atoms with Crippen molar-refractivity contribution >= 4 is 33.2 Å². The molecule has 0 atom stereocenters. The summed E-state index contributed by atoms with van der Waals surface area (Å²) in [5, 5.41) is 0.678. The highest BCUT2D eigenvalue weighted by atomic mass is 79.9. The number of hydrogen-bond donors (Lipinski definition) is 0. The Morgan fingerprint density at radius 1 is 1.12 bits per heavy atom. The molecular formula is C12H7BrClN3. The zero-order chi connectivity index (χ0) is 11.8. The van der Waals surface area contributed by atoms with Crippen molar-refractivity contribution in [3.05, 3.63) is 52.4 Å². The van der Waals surface area contributed by atoms with Gasteiger partial charge in [-0.25, -0.2) is 9.97 Å². The zero-order valence-electron chi connectivity index (χ0n) is 8.64. The fourth-order valence-corrected chi connectivity index (χ4v) is 2.13. The number of fused-ring (bicyclic) bond motifs is 1. The van der Waals surface area contributed by atoms with Crippen LogP contribution in [0, 0.1) is 0 Å². The monoisotopic (exact) mass is 307 g/mol. The maximum atomic E-state index is 5.92. The van der Waals surface area contributed by atoms with Crippen LogP contribution in [-0.2, 0) is 0 Å². The first-order valence-electron chi connectivity index (χ1n) is 4.99. The number of rotatable bonds is 1. The summed E-state index contributed by atoms with van der Waals surface area (Å²) < 4.78 is 2.72. The van der Waals surface area contributed by atoms with Gasteiger partial charge in [-0.1, -0.05) is 17.7 Å². The van der Waals surface area contributed by atoms with Crippen molar-refractivity contribution in [1.29, 1.82) is 0 Å². The van der Waals surface area contributed by atoms with E-state index in [-0.39, 0.29) is 0 Å². The van der Waals surface area contributed by atoms with E-state index in [4.69, 9.17) is 11.6 Å². The standard InChI is InChI=1S/C12H7BrClN3/c13-11-3-1-2-9(15-11)10-7-17-5-4-8(14)6-12(17)16-10/h1-7H. The minimum absolute atomic E-state index is 0.678. The molecule has 84 valence electrons. The van der Waals surface area contributed by atoms with Crippen LogP contribution < -0.4 is 0 Å². The normalized spacial score (nSPS) is 10.9. The second-order valence-corrected chi connectivity index (χ2v) is 4.83. The first-order valence-corrected chi connectivity index (χ1v) is 6.17. The number of imidazole rings is 1. The summed E-state index contributed by atoms with van der Waals surface area (Å²) in [5.41, 5.74) is 2.47. The van der Waals surface area contributed by atoms with Crippen LogP contribution >= 0.6 is 27.5 Å². The highest BCUT2D eigenvalue weighted by Crippen LogP contribution is 2.20. The molecule has 0 fully saturated rings. The Labute approximate surface area is 111 Å². The topological polar surface area (TPSA) is 30.2 Å². The maximum absolute atomic E-state index is 5.92. The van der Waals surface area contributed by atoms with Crippen LogP contribution in [0.2, 0.25) is 5.02 Å². The van der Waals surface area contributed by atoms with Crippen molar-refractivity contribution in [3.8, 4) is 11.4 Å². The van der Waals surface area contributed by atoms with Crippen molar-refractivity contribution in [2.24, 2.45) is 0 Å². The van der Waals surface area contributed by atoms with Gasteiger partial charge in [0, 0.05) is 23.5 Å². The third-order valence-corrected chi connectivity index (χ3v) is 3.08. The lowest BCUT2D eigenvalue weighted by Crippen LogP contribution is -1.82. The molecule has 3 aromatic rings. The molecule has 0 aliphatic rings. The minimum Gasteiger partial charge on any atom is -0.306 e. The van der Waals surface area contributed by atoms with Crippen LogP contribution in [0.15, 0.2) is 47.3 Å². The van der Waals surface area contributed by atoms with Crippen molar-refractivity contribution < 1.29 is 0 Å². The van der Waals surface area contributed by atoms with E-state index in [2.05, 4.69) is 25.9 Å². The molecule has 3 aromatic heterocycles. The second-order valence-electron chi connectivity index (χ2n) is 3.58. The summed E-state index contributed by atoms with van der Waals surface area (Å²) in [4.78, 5) is 8.85. The number of pyridine rings is 2. The molecule has 0 N–H and O–H groups in total. The lowest BCUT2D eigenvalue weighted by atomic mass is 10.3. The Morgan fingerprint density at radius 3 is 2.82 bits per heavy atom. The minimum atomic E-state index is 0.678. The molecule has 0 aliphatic heterocycles. The Hall–Kier alpha value is -1.39. The van der Waals surface area contributed by atoms with Gasteiger partial charge in [-0.2, -0.15) is 0 Å². The molecule has 0 aliphatic carbocycles. The largest absolute Gasteiger partial charge is 0.306 e. The predicted molar refractivity (Wildman–Crippen MR) is 71.1 cm³/mol. The van der Waals surface area contributed by atoms with E-state index < -0.39 is 0 Å². The van der Waals surface area contributed by atoms with E-state index in [1.165, 1.54) is 0 Å². The fourth-order valence-electron chi connectivity index (χ4n) is 1.63. The molecular weight excluding hydrogens is 302 g/mol. The molecule has 0 spiro atoms. The summed E-state index contributed by atoms with van der Waals surface area (Å²) in [6.45, 7) is 0. The van der Waals surface area contributed by atoms with Gasteiger partial charge in [0.1, 0.15) is 15.9 Å². The molecule has 3 nitrogen and oxygen atoms in total. The van der Waals surface area contributed by atoms with Crippen molar-refractivity contribution in [2.75, 3.05) is 0 Å². The maximum Gasteiger partial charge on any atom is 0.138 e. The Kier molecular flexibility index (Phi) is 2.61.